The summed E-state index contributed by atoms with van der Waals surface area (Å²) in [7, 11) is 0. The highest BCUT2D eigenvalue weighted by atomic mass is 79.9. The lowest BCUT2D eigenvalue weighted by Gasteiger charge is -2.34. The van der Waals surface area contributed by atoms with Gasteiger partial charge in [0.05, 0.1) is 5.69 Å². The maximum absolute atomic E-state index is 14.8. The van der Waals surface area contributed by atoms with Gasteiger partial charge in [-0.2, -0.15) is 0 Å². The second kappa shape index (κ2) is 14.0. The van der Waals surface area contributed by atoms with Crippen LogP contribution in [0.2, 0.25) is 0 Å². The molecule has 0 saturated heterocycles. The number of carbonyl (C=O) groups excluding carboxylic acids is 2. The Labute approximate surface area is 261 Å². The fourth-order valence-corrected chi connectivity index (χ4v) is 6.00. The first-order chi connectivity index (χ1) is 19.6. The van der Waals surface area contributed by atoms with Crippen molar-refractivity contribution in [3.05, 3.63) is 67.7 Å². The summed E-state index contributed by atoms with van der Waals surface area (Å²) in [6, 6.07) is 7.81. The van der Waals surface area contributed by atoms with E-state index in [0.717, 1.165) is 16.6 Å². The van der Waals surface area contributed by atoms with Gasteiger partial charge in [0, 0.05) is 44.9 Å². The second-order valence-electron chi connectivity index (χ2n) is 11.7. The molecule has 1 atom stereocenters. The number of Topliss-reactive ketones (excluding diaryl/α,β-unsaturated/α-hetero) is 1. The van der Waals surface area contributed by atoms with Crippen molar-refractivity contribution < 1.29 is 27.2 Å². The van der Waals surface area contributed by atoms with Crippen LogP contribution in [0.5, 0.6) is 0 Å². The number of aryl methyl sites for hydroxylation is 1. The van der Waals surface area contributed by atoms with Gasteiger partial charge in [-0.3, -0.25) is 9.59 Å². The first-order valence-electron chi connectivity index (χ1n) is 14.0. The molecule has 10 heteroatoms. The van der Waals surface area contributed by atoms with Crippen molar-refractivity contribution in [2.75, 3.05) is 5.73 Å². The van der Waals surface area contributed by atoms with Crippen LogP contribution in [0, 0.1) is 23.5 Å². The molecule has 2 N–H and O–H groups in total. The highest BCUT2D eigenvalue weighted by molar-refractivity contribution is 9.10. The minimum atomic E-state index is -1.17. The summed E-state index contributed by atoms with van der Waals surface area (Å²) in [6.07, 6.45) is 3.68. The van der Waals surface area contributed by atoms with E-state index in [9.17, 15) is 27.2 Å². The van der Waals surface area contributed by atoms with Crippen LogP contribution >= 0.6 is 31.9 Å². The molecule has 5 rings (SSSR count). The second-order valence-corrected chi connectivity index (χ2v) is 13.5. The van der Waals surface area contributed by atoms with Crippen molar-refractivity contribution in [1.82, 2.24) is 4.98 Å². The molecule has 1 aromatic heterocycles. The van der Waals surface area contributed by atoms with Gasteiger partial charge >= 0.3 is 0 Å². The first kappa shape index (κ1) is 34.2. The summed E-state index contributed by atoms with van der Waals surface area (Å²) >= 11 is 6.32. The van der Waals surface area contributed by atoms with Gasteiger partial charge < -0.3 is 5.73 Å². The predicted octanol–water partition coefficient (Wildman–Crippen LogP) is 9.47. The number of rotatable bonds is 3. The van der Waals surface area contributed by atoms with E-state index < -0.39 is 17.2 Å². The quantitative estimate of drug-likeness (QED) is 0.167. The van der Waals surface area contributed by atoms with Crippen LogP contribution in [-0.4, -0.2) is 28.4 Å². The number of benzene rings is 2. The van der Waals surface area contributed by atoms with E-state index in [2.05, 4.69) is 36.8 Å². The number of halogens is 6. The molecule has 4 nitrogen and oxygen atoms in total. The molecule has 0 bridgehead atoms. The maximum atomic E-state index is 14.8. The Morgan fingerprint density at radius 3 is 1.98 bits per heavy atom. The van der Waals surface area contributed by atoms with E-state index in [0.29, 0.717) is 65.7 Å². The molecule has 0 amide bonds. The van der Waals surface area contributed by atoms with Crippen LogP contribution in [0.25, 0.3) is 10.9 Å². The number of pyridine rings is 1. The van der Waals surface area contributed by atoms with Crippen molar-refractivity contribution in [2.45, 2.75) is 84.0 Å². The van der Waals surface area contributed by atoms with Gasteiger partial charge in [0.15, 0.2) is 12.1 Å². The Kier molecular flexibility index (Phi) is 11.4. The van der Waals surface area contributed by atoms with Crippen molar-refractivity contribution in [3.63, 3.8) is 0 Å². The Balaban J connectivity index is 0.000000188. The van der Waals surface area contributed by atoms with Gasteiger partial charge in [0.2, 0.25) is 0 Å². The Morgan fingerprint density at radius 1 is 0.857 bits per heavy atom. The van der Waals surface area contributed by atoms with Crippen molar-refractivity contribution in [2.24, 2.45) is 11.8 Å². The van der Waals surface area contributed by atoms with E-state index in [-0.39, 0.29) is 34.7 Å². The van der Waals surface area contributed by atoms with Crippen LogP contribution in [-0.2, 0) is 17.6 Å². The van der Waals surface area contributed by atoms with Gasteiger partial charge in [0.25, 0.3) is 0 Å². The lowest BCUT2D eigenvalue weighted by atomic mass is 9.77. The molecular formula is C32H36Br2F4N2O2. The zero-order valence-electron chi connectivity index (χ0n) is 24.2. The number of nitrogens with zero attached hydrogens (tertiary/aromatic N) is 1. The number of nitrogen functional groups attached to an aromatic ring is 1. The maximum Gasteiger partial charge on any atom is 0.152 e. The number of aromatic nitrogens is 1. The molecule has 2 aliphatic rings. The van der Waals surface area contributed by atoms with E-state index in [1.165, 1.54) is 18.2 Å². The van der Waals surface area contributed by atoms with E-state index >= 15 is 0 Å². The van der Waals surface area contributed by atoms with Crippen LogP contribution in [0.3, 0.4) is 0 Å². The van der Waals surface area contributed by atoms with Crippen LogP contribution in [0.4, 0.5) is 23.2 Å². The average Bonchev–Trinajstić information content (AvgIpc) is 2.92. The lowest BCUT2D eigenvalue weighted by Crippen LogP contribution is -2.36. The number of alkyl halides is 2. The third kappa shape index (κ3) is 8.18. The summed E-state index contributed by atoms with van der Waals surface area (Å²) in [4.78, 5) is 25.5. The first-order valence-corrected chi connectivity index (χ1v) is 15.5. The minimum absolute atomic E-state index is 0.0226. The summed E-state index contributed by atoms with van der Waals surface area (Å²) in [5.41, 5.74) is 5.19. The largest absolute Gasteiger partial charge is 0.396 e. The number of carbonyl (C=O) groups is 2. The molecule has 42 heavy (non-hydrogen) atoms. The smallest absolute Gasteiger partial charge is 0.152 e. The van der Waals surface area contributed by atoms with Crippen molar-refractivity contribution >= 4 is 60.5 Å². The number of hydrogen-bond acceptors (Lipinski definition) is 4. The van der Waals surface area contributed by atoms with E-state index in [1.54, 1.807) is 0 Å². The van der Waals surface area contributed by atoms with Crippen molar-refractivity contribution in [1.29, 1.82) is 0 Å². The standard InChI is InChI=1S/C16H16BrF2N.C9H15FO.C7H5BrFNO/c1-9(2)16(19)4-3-14-11(8-16)5-10-6-12(17)7-13(18)15(10)20-14;1-7(2)9(10)5-3-8(11)4-6-9;8-5-1-4(3-11)7(10)6(9)2-5/h5-7,9H,3-4,8H2,1-2H3;7H,3-6H2,1-2H3;1-3H,10H2. The fourth-order valence-electron chi connectivity index (χ4n) is 5.11. The molecule has 0 spiro atoms. The SMILES string of the molecule is CC(C)C1(F)CCC(=O)CC1.CC(C)C1(F)CCc2nc3c(F)cc(Br)cc3cc2C1.Nc1c(F)cc(Br)cc1C=O. The van der Waals surface area contributed by atoms with Crippen LogP contribution < -0.4 is 5.73 Å². The highest BCUT2D eigenvalue weighted by Gasteiger charge is 2.38. The van der Waals surface area contributed by atoms with Gasteiger partial charge in [-0.05, 0) is 73.4 Å². The molecule has 1 saturated carbocycles. The number of hydrogen-bond donors (Lipinski definition) is 1. The highest BCUT2D eigenvalue weighted by Crippen LogP contribution is 2.38. The average molecular weight is 716 g/mol. The minimum Gasteiger partial charge on any atom is -0.396 e. The third-order valence-corrected chi connectivity index (χ3v) is 9.14. The van der Waals surface area contributed by atoms with E-state index in [1.807, 2.05) is 39.8 Å². The van der Waals surface area contributed by atoms with Crippen molar-refractivity contribution in [3.8, 4) is 0 Å². The molecular weight excluding hydrogens is 680 g/mol. The summed E-state index contributed by atoms with van der Waals surface area (Å²) < 4.78 is 56.4. The molecule has 0 aliphatic heterocycles. The summed E-state index contributed by atoms with van der Waals surface area (Å²) in [5, 5.41) is 0.726. The molecule has 1 heterocycles. The van der Waals surface area contributed by atoms with Crippen LogP contribution in [0.1, 0.15) is 81.4 Å². The molecule has 228 valence electrons. The van der Waals surface area contributed by atoms with E-state index in [4.69, 9.17) is 5.73 Å². The number of anilines is 1. The van der Waals surface area contributed by atoms with Gasteiger partial charge in [-0.15, -0.1) is 0 Å². The zero-order valence-corrected chi connectivity index (χ0v) is 27.3. The lowest BCUT2D eigenvalue weighted by molar-refractivity contribution is -0.123. The van der Waals surface area contributed by atoms with Gasteiger partial charge in [0.1, 0.15) is 28.5 Å². The zero-order chi connectivity index (χ0) is 31.4. The normalized spacial score (nSPS) is 19.5. The van der Waals surface area contributed by atoms with Gasteiger partial charge in [-0.25, -0.2) is 22.5 Å². The predicted molar refractivity (Wildman–Crippen MR) is 166 cm³/mol. The number of fused-ring (bicyclic) bond motifs is 2. The number of nitrogens with two attached hydrogens (primary N) is 1. The fraction of sp³-hybridized carbons (Fsp3) is 0.469. The van der Waals surface area contributed by atoms with Crippen LogP contribution in [0.15, 0.2) is 39.3 Å². The molecule has 2 aromatic carbocycles. The Bertz CT molecular complexity index is 1450. The molecule has 1 fully saturated rings. The third-order valence-electron chi connectivity index (χ3n) is 8.23. The number of ketones is 1. The number of aldehydes is 1. The summed E-state index contributed by atoms with van der Waals surface area (Å²) in [6.45, 7) is 7.59. The summed E-state index contributed by atoms with van der Waals surface area (Å²) in [5.74, 6) is -0.667. The molecule has 0 radical (unpaired) electrons. The molecule has 3 aromatic rings. The Hall–Kier alpha value is -2.33. The molecule has 2 aliphatic carbocycles. The Morgan fingerprint density at radius 2 is 1.40 bits per heavy atom. The topological polar surface area (TPSA) is 73.1 Å². The molecule has 1 unspecified atom stereocenters. The van der Waals surface area contributed by atoms with Gasteiger partial charge in [-0.1, -0.05) is 59.6 Å². The monoisotopic (exact) mass is 714 g/mol.